The molecule has 1 aromatic heterocycles. The first-order valence-corrected chi connectivity index (χ1v) is 9.76. The molecular formula is C20H16ClN3O3S. The summed E-state index contributed by atoms with van der Waals surface area (Å²) in [4.78, 5) is 31.7. The van der Waals surface area contributed by atoms with Gasteiger partial charge < -0.3 is 10.1 Å². The number of halogens is 1. The molecule has 1 aliphatic rings. The summed E-state index contributed by atoms with van der Waals surface area (Å²) in [6.07, 6.45) is 0. The van der Waals surface area contributed by atoms with Gasteiger partial charge in [-0.3, -0.25) is 14.5 Å². The minimum Gasteiger partial charge on any atom is -0.482 e. The molecule has 0 radical (unpaired) electrons. The molecule has 0 spiro atoms. The summed E-state index contributed by atoms with van der Waals surface area (Å²) < 4.78 is 5.40. The van der Waals surface area contributed by atoms with E-state index in [9.17, 15) is 9.59 Å². The highest BCUT2D eigenvalue weighted by molar-refractivity contribution is 7.16. The average molecular weight is 414 g/mol. The van der Waals surface area contributed by atoms with Gasteiger partial charge in [-0.15, -0.1) is 11.3 Å². The molecule has 0 unspecified atom stereocenters. The lowest BCUT2D eigenvalue weighted by Crippen LogP contribution is -2.43. The van der Waals surface area contributed by atoms with Gasteiger partial charge in [0.05, 0.1) is 11.4 Å². The predicted molar refractivity (Wildman–Crippen MR) is 110 cm³/mol. The van der Waals surface area contributed by atoms with Crippen molar-refractivity contribution < 1.29 is 14.3 Å². The number of fused-ring (bicyclic) bond motifs is 1. The van der Waals surface area contributed by atoms with Crippen LogP contribution in [0.25, 0.3) is 11.3 Å². The van der Waals surface area contributed by atoms with Crippen molar-refractivity contribution in [3.8, 4) is 17.0 Å². The molecular weight excluding hydrogens is 398 g/mol. The highest BCUT2D eigenvalue weighted by Crippen LogP contribution is 2.34. The monoisotopic (exact) mass is 413 g/mol. The SMILES string of the molecule is Cc1sc(NC(=O)CN2C(=O)COc3ccc(Cl)cc32)nc1-c1ccccc1. The molecule has 2 heterocycles. The molecule has 8 heteroatoms. The van der Waals surface area contributed by atoms with E-state index in [1.165, 1.54) is 16.2 Å². The Morgan fingerprint density at radius 1 is 1.29 bits per heavy atom. The zero-order chi connectivity index (χ0) is 19.7. The van der Waals surface area contributed by atoms with Crippen LogP contribution in [-0.4, -0.2) is 29.9 Å². The minimum absolute atomic E-state index is 0.115. The highest BCUT2D eigenvalue weighted by Gasteiger charge is 2.28. The standard InChI is InChI=1S/C20H16ClN3O3S/c1-12-19(13-5-3-2-4-6-13)23-20(28-12)22-17(25)10-24-15-9-14(21)7-8-16(15)27-11-18(24)26/h2-9H,10-11H2,1H3,(H,22,23,25). The van der Waals surface area contributed by atoms with Crippen molar-refractivity contribution in [3.63, 3.8) is 0 Å². The first-order valence-electron chi connectivity index (χ1n) is 8.56. The van der Waals surface area contributed by atoms with Crippen molar-refractivity contribution in [2.75, 3.05) is 23.4 Å². The summed E-state index contributed by atoms with van der Waals surface area (Å²) >= 11 is 7.43. The second-order valence-corrected chi connectivity index (χ2v) is 7.86. The second kappa shape index (κ2) is 7.61. The zero-order valence-electron chi connectivity index (χ0n) is 14.9. The first-order chi connectivity index (χ1) is 13.5. The number of hydrogen-bond acceptors (Lipinski definition) is 5. The Morgan fingerprint density at radius 3 is 2.86 bits per heavy atom. The highest BCUT2D eigenvalue weighted by atomic mass is 35.5. The molecule has 2 amide bonds. The molecule has 0 atom stereocenters. The number of nitrogens with one attached hydrogen (secondary N) is 1. The van der Waals surface area contributed by atoms with Gasteiger partial charge in [0.2, 0.25) is 5.91 Å². The lowest BCUT2D eigenvalue weighted by molar-refractivity contribution is -0.123. The Balaban J connectivity index is 1.51. The van der Waals surface area contributed by atoms with Crippen molar-refractivity contribution in [1.29, 1.82) is 0 Å². The predicted octanol–water partition coefficient (Wildman–Crippen LogP) is 4.14. The summed E-state index contributed by atoms with van der Waals surface area (Å²) in [6, 6.07) is 14.8. The van der Waals surface area contributed by atoms with Crippen LogP contribution in [0, 0.1) is 6.92 Å². The summed E-state index contributed by atoms with van der Waals surface area (Å²) in [5.41, 5.74) is 2.31. The van der Waals surface area contributed by atoms with E-state index in [1.54, 1.807) is 18.2 Å². The van der Waals surface area contributed by atoms with Gasteiger partial charge in [0, 0.05) is 15.5 Å². The van der Waals surface area contributed by atoms with Gasteiger partial charge in [0.25, 0.3) is 5.91 Å². The van der Waals surface area contributed by atoms with Gasteiger partial charge in [-0.05, 0) is 25.1 Å². The summed E-state index contributed by atoms with van der Waals surface area (Å²) in [5, 5.41) is 3.74. The number of nitrogens with zero attached hydrogens (tertiary/aromatic N) is 2. The molecule has 3 aromatic rings. The number of anilines is 2. The van der Waals surface area contributed by atoms with E-state index in [-0.39, 0.29) is 25.0 Å². The van der Waals surface area contributed by atoms with E-state index in [0.717, 1.165) is 16.1 Å². The molecule has 2 aromatic carbocycles. The van der Waals surface area contributed by atoms with Crippen LogP contribution < -0.4 is 15.0 Å². The quantitative estimate of drug-likeness (QED) is 0.697. The van der Waals surface area contributed by atoms with E-state index in [4.69, 9.17) is 16.3 Å². The van der Waals surface area contributed by atoms with Gasteiger partial charge in [0.15, 0.2) is 11.7 Å². The fourth-order valence-corrected chi connectivity index (χ4v) is 3.98. The van der Waals surface area contributed by atoms with Gasteiger partial charge in [-0.2, -0.15) is 0 Å². The fourth-order valence-electron chi connectivity index (χ4n) is 2.96. The number of rotatable bonds is 4. The Hall–Kier alpha value is -2.90. The number of hydrogen-bond donors (Lipinski definition) is 1. The van der Waals surface area contributed by atoms with E-state index < -0.39 is 0 Å². The minimum atomic E-state index is -0.338. The van der Waals surface area contributed by atoms with Crippen LogP contribution in [0.3, 0.4) is 0 Å². The largest absolute Gasteiger partial charge is 0.482 e. The van der Waals surface area contributed by atoms with Crippen molar-refractivity contribution in [2.45, 2.75) is 6.92 Å². The number of benzene rings is 2. The van der Waals surface area contributed by atoms with E-state index >= 15 is 0 Å². The molecule has 0 bridgehead atoms. The lowest BCUT2D eigenvalue weighted by Gasteiger charge is -2.28. The molecule has 4 rings (SSSR count). The maximum absolute atomic E-state index is 12.6. The zero-order valence-corrected chi connectivity index (χ0v) is 16.5. The van der Waals surface area contributed by atoms with E-state index in [2.05, 4.69) is 10.3 Å². The molecule has 0 fully saturated rings. The molecule has 0 saturated heterocycles. The Morgan fingerprint density at radius 2 is 2.07 bits per heavy atom. The topological polar surface area (TPSA) is 71.5 Å². The second-order valence-electron chi connectivity index (χ2n) is 6.22. The van der Waals surface area contributed by atoms with Gasteiger partial charge in [-0.1, -0.05) is 41.9 Å². The third-order valence-corrected chi connectivity index (χ3v) is 5.38. The number of carbonyl (C=O) groups is 2. The van der Waals surface area contributed by atoms with Crippen LogP contribution in [0.4, 0.5) is 10.8 Å². The molecule has 1 N–H and O–H groups in total. The van der Waals surface area contributed by atoms with Crippen LogP contribution in [-0.2, 0) is 9.59 Å². The Kier molecular flexibility index (Phi) is 5.02. The lowest BCUT2D eigenvalue weighted by atomic mass is 10.1. The van der Waals surface area contributed by atoms with E-state index in [0.29, 0.717) is 21.6 Å². The molecule has 0 aliphatic carbocycles. The van der Waals surface area contributed by atoms with Gasteiger partial charge in [-0.25, -0.2) is 4.98 Å². The number of aryl methyl sites for hydroxylation is 1. The smallest absolute Gasteiger partial charge is 0.265 e. The third kappa shape index (κ3) is 3.72. The van der Waals surface area contributed by atoms with Crippen molar-refractivity contribution in [1.82, 2.24) is 4.98 Å². The maximum atomic E-state index is 12.6. The Labute approximate surface area is 170 Å². The average Bonchev–Trinajstić information content (AvgIpc) is 3.05. The van der Waals surface area contributed by atoms with Crippen LogP contribution in [0.1, 0.15) is 4.88 Å². The van der Waals surface area contributed by atoms with Crippen LogP contribution in [0.2, 0.25) is 5.02 Å². The molecule has 1 aliphatic heterocycles. The number of amides is 2. The molecule has 142 valence electrons. The summed E-state index contributed by atoms with van der Waals surface area (Å²) in [7, 11) is 0. The molecule has 0 saturated carbocycles. The van der Waals surface area contributed by atoms with Crippen molar-refractivity contribution in [3.05, 3.63) is 58.4 Å². The fraction of sp³-hybridized carbons (Fsp3) is 0.150. The van der Waals surface area contributed by atoms with Crippen LogP contribution >= 0.6 is 22.9 Å². The van der Waals surface area contributed by atoms with Crippen molar-refractivity contribution >= 4 is 45.6 Å². The van der Waals surface area contributed by atoms with Gasteiger partial charge in [0.1, 0.15) is 12.3 Å². The van der Waals surface area contributed by atoms with E-state index in [1.807, 2.05) is 37.3 Å². The first kappa shape index (κ1) is 18.5. The maximum Gasteiger partial charge on any atom is 0.265 e. The normalized spacial score (nSPS) is 13.1. The number of ether oxygens (including phenoxy) is 1. The number of carbonyl (C=O) groups excluding carboxylic acids is 2. The summed E-state index contributed by atoms with van der Waals surface area (Å²) in [5.74, 6) is -0.118. The molecule has 6 nitrogen and oxygen atoms in total. The number of aromatic nitrogens is 1. The van der Waals surface area contributed by atoms with Crippen molar-refractivity contribution in [2.24, 2.45) is 0 Å². The van der Waals surface area contributed by atoms with Crippen LogP contribution in [0.15, 0.2) is 48.5 Å². The third-order valence-electron chi connectivity index (χ3n) is 4.26. The molecule has 28 heavy (non-hydrogen) atoms. The van der Waals surface area contributed by atoms with Gasteiger partial charge >= 0.3 is 0 Å². The van der Waals surface area contributed by atoms with Crippen LogP contribution in [0.5, 0.6) is 5.75 Å². The number of thiazole rings is 1. The Bertz CT molecular complexity index is 1050. The summed E-state index contributed by atoms with van der Waals surface area (Å²) in [6.45, 7) is 1.70.